The van der Waals surface area contributed by atoms with Crippen LogP contribution in [0.1, 0.15) is 11.1 Å². The Hall–Kier alpha value is -1.47. The zero-order chi connectivity index (χ0) is 11.9. The van der Waals surface area contributed by atoms with Crippen LogP contribution in [-0.4, -0.2) is 5.80 Å². The summed E-state index contributed by atoms with van der Waals surface area (Å²) < 4.78 is 5.29. The standard InChI is InChI=1S/C14H13O2P/c15-17(12-14-9-5-2-6-10-14)16-11-13-7-3-1-4-8-13/h1-10,12H,11H2. The summed E-state index contributed by atoms with van der Waals surface area (Å²) in [6.45, 7) is 0.374. The first kappa shape index (κ1) is 12.0. The van der Waals surface area contributed by atoms with Crippen LogP contribution in [-0.2, 0) is 11.1 Å². The van der Waals surface area contributed by atoms with Gasteiger partial charge in [-0.1, -0.05) is 60.7 Å². The summed E-state index contributed by atoms with van der Waals surface area (Å²) in [5.74, 6) is 1.64. The molecule has 2 aromatic carbocycles. The molecule has 86 valence electrons. The molecule has 0 radical (unpaired) electrons. The Morgan fingerprint density at radius 2 is 1.53 bits per heavy atom. The minimum Gasteiger partial charge on any atom is -0.603 e. The quantitative estimate of drug-likeness (QED) is 0.774. The van der Waals surface area contributed by atoms with Crippen molar-refractivity contribution in [1.29, 1.82) is 0 Å². The maximum atomic E-state index is 11.7. The average Bonchev–Trinajstić information content (AvgIpc) is 2.39. The van der Waals surface area contributed by atoms with E-state index < -0.39 is 8.00 Å². The molecule has 0 amide bonds. The molecule has 1 atom stereocenters. The molecule has 2 nitrogen and oxygen atoms in total. The van der Waals surface area contributed by atoms with Gasteiger partial charge in [0.1, 0.15) is 12.4 Å². The van der Waals surface area contributed by atoms with Crippen LogP contribution in [0.2, 0.25) is 0 Å². The fourth-order valence-electron chi connectivity index (χ4n) is 1.41. The molecule has 3 heteroatoms. The van der Waals surface area contributed by atoms with Gasteiger partial charge in [-0.05, 0) is 5.56 Å². The van der Waals surface area contributed by atoms with Crippen LogP contribution in [0.3, 0.4) is 0 Å². The highest BCUT2D eigenvalue weighted by molar-refractivity contribution is 7.45. The second-order valence-electron chi connectivity index (χ2n) is 3.58. The molecular weight excluding hydrogens is 231 g/mol. The fourth-order valence-corrected chi connectivity index (χ4v) is 2.18. The number of hydrogen-bond acceptors (Lipinski definition) is 2. The highest BCUT2D eigenvalue weighted by Gasteiger charge is 2.00. The first-order valence-corrected chi connectivity index (χ1v) is 6.62. The minimum absolute atomic E-state index is 0.374. The predicted molar refractivity (Wildman–Crippen MR) is 69.8 cm³/mol. The third-order valence-electron chi connectivity index (χ3n) is 2.26. The van der Waals surface area contributed by atoms with Gasteiger partial charge in [0.25, 0.3) is 0 Å². The Labute approximate surface area is 102 Å². The average molecular weight is 244 g/mol. The summed E-state index contributed by atoms with van der Waals surface area (Å²) in [5, 5.41) is 0. The molecule has 0 aliphatic carbocycles. The van der Waals surface area contributed by atoms with E-state index in [1.54, 1.807) is 5.80 Å². The topological polar surface area (TPSA) is 32.3 Å². The minimum atomic E-state index is -1.76. The lowest BCUT2D eigenvalue weighted by atomic mass is 10.2. The van der Waals surface area contributed by atoms with E-state index in [0.717, 1.165) is 11.1 Å². The third kappa shape index (κ3) is 4.12. The largest absolute Gasteiger partial charge is 0.603 e. The van der Waals surface area contributed by atoms with E-state index in [9.17, 15) is 4.89 Å². The van der Waals surface area contributed by atoms with Crippen molar-refractivity contribution in [3.63, 3.8) is 0 Å². The van der Waals surface area contributed by atoms with E-state index in [0.29, 0.717) is 6.61 Å². The molecule has 0 bridgehead atoms. The Kier molecular flexibility index (Phi) is 4.45. The maximum absolute atomic E-state index is 11.7. The molecule has 0 aliphatic heterocycles. The molecule has 2 aromatic rings. The van der Waals surface area contributed by atoms with Crippen LogP contribution in [0.25, 0.3) is 0 Å². The van der Waals surface area contributed by atoms with Crippen molar-refractivity contribution in [1.82, 2.24) is 0 Å². The number of rotatable bonds is 4. The number of hydrogen-bond donors (Lipinski definition) is 0. The fraction of sp³-hybridized carbons (Fsp3) is 0.0714. The Bertz CT molecular complexity index is 480. The number of benzene rings is 2. The lowest BCUT2D eigenvalue weighted by Gasteiger charge is -1.99. The van der Waals surface area contributed by atoms with Gasteiger partial charge in [0.15, 0.2) is 0 Å². The normalized spacial score (nSPS) is 11.5. The van der Waals surface area contributed by atoms with Gasteiger partial charge in [0.2, 0.25) is 8.00 Å². The summed E-state index contributed by atoms with van der Waals surface area (Å²) in [6.07, 6.45) is 0. The summed E-state index contributed by atoms with van der Waals surface area (Å²) in [4.78, 5) is 11.7. The van der Waals surface area contributed by atoms with E-state index in [1.807, 2.05) is 60.7 Å². The smallest absolute Gasteiger partial charge is 0.222 e. The van der Waals surface area contributed by atoms with Gasteiger partial charge in [-0.3, -0.25) is 0 Å². The molecule has 0 N–H and O–H groups in total. The van der Waals surface area contributed by atoms with Gasteiger partial charge >= 0.3 is 0 Å². The van der Waals surface area contributed by atoms with E-state index >= 15 is 0 Å². The van der Waals surface area contributed by atoms with Crippen LogP contribution in [0.4, 0.5) is 0 Å². The second-order valence-corrected chi connectivity index (χ2v) is 4.67. The van der Waals surface area contributed by atoms with Crippen molar-refractivity contribution >= 4 is 13.8 Å². The van der Waals surface area contributed by atoms with E-state index in [1.165, 1.54) is 0 Å². The van der Waals surface area contributed by atoms with Crippen molar-refractivity contribution in [2.45, 2.75) is 6.61 Å². The van der Waals surface area contributed by atoms with Crippen LogP contribution in [0.15, 0.2) is 60.7 Å². The summed E-state index contributed by atoms with van der Waals surface area (Å²) >= 11 is 0. The highest BCUT2D eigenvalue weighted by Crippen LogP contribution is 2.17. The molecule has 0 fully saturated rings. The van der Waals surface area contributed by atoms with Gasteiger partial charge in [0.05, 0.1) is 0 Å². The van der Waals surface area contributed by atoms with Crippen LogP contribution in [0.5, 0.6) is 0 Å². The lowest BCUT2D eigenvalue weighted by Crippen LogP contribution is -1.96. The third-order valence-corrected chi connectivity index (χ3v) is 3.15. The van der Waals surface area contributed by atoms with E-state index in [-0.39, 0.29) is 0 Å². The highest BCUT2D eigenvalue weighted by atomic mass is 31.1. The van der Waals surface area contributed by atoms with Crippen molar-refractivity contribution in [2.75, 3.05) is 0 Å². The van der Waals surface area contributed by atoms with Crippen LogP contribution in [0, 0.1) is 0 Å². The molecule has 0 aliphatic rings. The van der Waals surface area contributed by atoms with Crippen molar-refractivity contribution in [3.8, 4) is 0 Å². The van der Waals surface area contributed by atoms with Gasteiger partial charge in [-0.15, -0.1) is 0 Å². The lowest BCUT2D eigenvalue weighted by molar-refractivity contribution is -0.172. The molecule has 17 heavy (non-hydrogen) atoms. The Morgan fingerprint density at radius 3 is 2.18 bits per heavy atom. The zero-order valence-corrected chi connectivity index (χ0v) is 10.2. The van der Waals surface area contributed by atoms with Crippen molar-refractivity contribution in [3.05, 3.63) is 71.8 Å². The molecule has 0 heterocycles. The van der Waals surface area contributed by atoms with E-state index in [4.69, 9.17) is 4.52 Å². The van der Waals surface area contributed by atoms with E-state index in [2.05, 4.69) is 0 Å². The molecular formula is C14H13O2P. The predicted octanol–water partition coefficient (Wildman–Crippen LogP) is 2.73. The monoisotopic (exact) mass is 244 g/mol. The molecule has 0 saturated heterocycles. The molecule has 1 unspecified atom stereocenters. The van der Waals surface area contributed by atoms with Gasteiger partial charge in [0, 0.05) is 5.56 Å². The molecule has 0 saturated carbocycles. The van der Waals surface area contributed by atoms with Crippen molar-refractivity contribution < 1.29 is 9.42 Å². The van der Waals surface area contributed by atoms with Gasteiger partial charge in [-0.25, -0.2) is 0 Å². The Balaban J connectivity index is 1.94. The van der Waals surface area contributed by atoms with Gasteiger partial charge in [-0.2, -0.15) is 4.52 Å². The van der Waals surface area contributed by atoms with Crippen LogP contribution >= 0.6 is 8.00 Å². The zero-order valence-electron chi connectivity index (χ0n) is 9.32. The van der Waals surface area contributed by atoms with Gasteiger partial charge < -0.3 is 4.89 Å². The molecule has 0 spiro atoms. The molecule has 0 aromatic heterocycles. The summed E-state index contributed by atoms with van der Waals surface area (Å²) in [7, 11) is -1.76. The van der Waals surface area contributed by atoms with Crippen molar-refractivity contribution in [2.24, 2.45) is 0 Å². The first-order chi connectivity index (χ1) is 8.34. The Morgan fingerprint density at radius 1 is 0.941 bits per heavy atom. The summed E-state index contributed by atoms with van der Waals surface area (Å²) in [5.41, 5.74) is 1.94. The second kappa shape index (κ2) is 6.31. The van der Waals surface area contributed by atoms with Crippen LogP contribution < -0.4 is 4.89 Å². The maximum Gasteiger partial charge on any atom is 0.222 e. The molecule has 2 rings (SSSR count). The summed E-state index contributed by atoms with van der Waals surface area (Å²) in [6, 6.07) is 19.3. The SMILES string of the molecule is [O-][P+](=Cc1ccccc1)OCc1ccccc1. The first-order valence-electron chi connectivity index (χ1n) is 5.38.